The standard InChI is InChI=1S/C14H14N6O2S/c1-10-2-4-11(5-3-10)13-16-14(18-17-13)23-7-6-19-9-12(8-15-19)20(21)22/h2-5,8-9H,6-7H2,1H3,(H,16,17,18). The molecule has 0 aliphatic carbocycles. The van der Waals surface area contributed by atoms with Crippen LogP contribution in [0.1, 0.15) is 5.56 Å². The molecule has 0 saturated carbocycles. The van der Waals surface area contributed by atoms with Crippen LogP contribution in [0.2, 0.25) is 0 Å². The van der Waals surface area contributed by atoms with Crippen molar-refractivity contribution < 1.29 is 4.92 Å². The monoisotopic (exact) mass is 330 g/mol. The molecule has 0 bridgehead atoms. The zero-order chi connectivity index (χ0) is 16.2. The second-order valence-electron chi connectivity index (χ2n) is 4.90. The van der Waals surface area contributed by atoms with Crippen LogP contribution in [0.25, 0.3) is 11.4 Å². The van der Waals surface area contributed by atoms with Crippen LogP contribution in [-0.4, -0.2) is 35.6 Å². The quantitative estimate of drug-likeness (QED) is 0.423. The average molecular weight is 330 g/mol. The molecule has 1 aromatic carbocycles. The number of hydrogen-bond donors (Lipinski definition) is 1. The predicted molar refractivity (Wildman–Crippen MR) is 86.2 cm³/mol. The Morgan fingerprint density at radius 1 is 1.35 bits per heavy atom. The van der Waals surface area contributed by atoms with Gasteiger partial charge < -0.3 is 0 Å². The van der Waals surface area contributed by atoms with Crippen LogP contribution in [0.3, 0.4) is 0 Å². The molecular formula is C14H14N6O2S. The van der Waals surface area contributed by atoms with Crippen LogP contribution >= 0.6 is 11.8 Å². The number of nitrogens with one attached hydrogen (secondary N) is 1. The first kappa shape index (κ1) is 15.2. The molecule has 0 spiro atoms. The maximum atomic E-state index is 10.6. The number of aromatic nitrogens is 5. The van der Waals surface area contributed by atoms with E-state index in [1.165, 1.54) is 29.7 Å². The molecule has 0 atom stereocenters. The van der Waals surface area contributed by atoms with Gasteiger partial charge in [-0.25, -0.2) is 4.98 Å². The minimum Gasteiger partial charge on any atom is -0.265 e. The summed E-state index contributed by atoms with van der Waals surface area (Å²) in [5.74, 6) is 1.39. The number of aromatic amines is 1. The van der Waals surface area contributed by atoms with Gasteiger partial charge in [-0.1, -0.05) is 41.6 Å². The number of nitro groups is 1. The number of nitrogens with zero attached hydrogens (tertiary/aromatic N) is 5. The third-order valence-electron chi connectivity index (χ3n) is 3.17. The van der Waals surface area contributed by atoms with E-state index >= 15 is 0 Å². The van der Waals surface area contributed by atoms with Crippen LogP contribution in [-0.2, 0) is 6.54 Å². The maximum absolute atomic E-state index is 10.6. The summed E-state index contributed by atoms with van der Waals surface area (Å²) in [6.45, 7) is 2.58. The van der Waals surface area contributed by atoms with Gasteiger partial charge in [-0.2, -0.15) is 5.10 Å². The van der Waals surface area contributed by atoms with Crippen LogP contribution < -0.4 is 0 Å². The molecule has 0 saturated heterocycles. The molecule has 0 fully saturated rings. The minimum atomic E-state index is -0.459. The first-order chi connectivity index (χ1) is 11.1. The van der Waals surface area contributed by atoms with Crippen molar-refractivity contribution >= 4 is 17.4 Å². The van der Waals surface area contributed by atoms with Crippen molar-refractivity contribution in [2.24, 2.45) is 0 Å². The first-order valence-corrected chi connectivity index (χ1v) is 7.89. The molecule has 1 N–H and O–H groups in total. The topological polar surface area (TPSA) is 103 Å². The molecule has 2 aromatic heterocycles. The smallest absolute Gasteiger partial charge is 0.265 e. The molecule has 0 radical (unpaired) electrons. The van der Waals surface area contributed by atoms with Crippen molar-refractivity contribution in [3.63, 3.8) is 0 Å². The first-order valence-electron chi connectivity index (χ1n) is 6.91. The Morgan fingerprint density at radius 3 is 2.83 bits per heavy atom. The number of rotatable bonds is 6. The maximum Gasteiger partial charge on any atom is 0.306 e. The molecular weight excluding hydrogens is 316 g/mol. The molecule has 0 aliphatic rings. The summed E-state index contributed by atoms with van der Waals surface area (Å²) in [5.41, 5.74) is 2.17. The minimum absolute atomic E-state index is 0.00504. The number of benzene rings is 1. The normalized spacial score (nSPS) is 10.8. The molecule has 3 aromatic rings. The van der Waals surface area contributed by atoms with Crippen molar-refractivity contribution in [1.82, 2.24) is 25.0 Å². The van der Waals surface area contributed by atoms with E-state index in [1.54, 1.807) is 4.68 Å². The van der Waals surface area contributed by atoms with Gasteiger partial charge in [0.05, 0.1) is 11.5 Å². The van der Waals surface area contributed by atoms with Crippen molar-refractivity contribution in [1.29, 1.82) is 0 Å². The fourth-order valence-electron chi connectivity index (χ4n) is 1.95. The number of thioether (sulfide) groups is 1. The van der Waals surface area contributed by atoms with Gasteiger partial charge in [0.25, 0.3) is 0 Å². The third-order valence-corrected chi connectivity index (χ3v) is 4.00. The number of H-pyrrole nitrogens is 1. The molecule has 8 nitrogen and oxygen atoms in total. The largest absolute Gasteiger partial charge is 0.306 e. The van der Waals surface area contributed by atoms with E-state index < -0.39 is 4.92 Å². The Bertz CT molecular complexity index is 811. The summed E-state index contributed by atoms with van der Waals surface area (Å²) in [6, 6.07) is 8.03. The summed E-state index contributed by atoms with van der Waals surface area (Å²) >= 11 is 1.47. The fourth-order valence-corrected chi connectivity index (χ4v) is 2.68. The number of hydrogen-bond acceptors (Lipinski definition) is 6. The molecule has 0 unspecified atom stereocenters. The molecule has 3 rings (SSSR count). The lowest BCUT2D eigenvalue weighted by atomic mass is 10.1. The van der Waals surface area contributed by atoms with Crippen molar-refractivity contribution in [2.75, 3.05) is 5.75 Å². The Morgan fingerprint density at radius 2 is 2.13 bits per heavy atom. The molecule has 23 heavy (non-hydrogen) atoms. The summed E-state index contributed by atoms with van der Waals surface area (Å²) < 4.78 is 1.54. The van der Waals surface area contributed by atoms with E-state index in [2.05, 4.69) is 20.3 Å². The Hall–Kier alpha value is -2.68. The van der Waals surface area contributed by atoms with Gasteiger partial charge in [0.2, 0.25) is 5.16 Å². The van der Waals surface area contributed by atoms with Gasteiger partial charge in [0, 0.05) is 11.3 Å². The van der Waals surface area contributed by atoms with E-state index in [9.17, 15) is 10.1 Å². The molecule has 2 heterocycles. The van der Waals surface area contributed by atoms with Crippen LogP contribution in [0.15, 0.2) is 41.8 Å². The van der Waals surface area contributed by atoms with Gasteiger partial charge in [-0.3, -0.25) is 19.9 Å². The van der Waals surface area contributed by atoms with E-state index in [0.29, 0.717) is 17.5 Å². The van der Waals surface area contributed by atoms with Crippen molar-refractivity contribution in [2.45, 2.75) is 18.6 Å². The molecule has 0 amide bonds. The van der Waals surface area contributed by atoms with Gasteiger partial charge in [-0.15, -0.1) is 5.10 Å². The summed E-state index contributed by atoms with van der Waals surface area (Å²) in [5, 5.41) is 22.3. The van der Waals surface area contributed by atoms with Gasteiger partial charge in [0.15, 0.2) is 5.82 Å². The zero-order valence-electron chi connectivity index (χ0n) is 12.3. The second-order valence-corrected chi connectivity index (χ2v) is 5.96. The Balaban J connectivity index is 1.56. The fraction of sp³-hybridized carbons (Fsp3) is 0.214. The highest BCUT2D eigenvalue weighted by atomic mass is 32.2. The van der Waals surface area contributed by atoms with E-state index in [0.717, 1.165) is 11.4 Å². The lowest BCUT2D eigenvalue weighted by molar-refractivity contribution is -0.385. The second kappa shape index (κ2) is 6.61. The summed E-state index contributed by atoms with van der Waals surface area (Å²) in [7, 11) is 0. The van der Waals surface area contributed by atoms with E-state index in [1.807, 2.05) is 31.2 Å². The van der Waals surface area contributed by atoms with Crippen LogP contribution in [0.4, 0.5) is 5.69 Å². The molecule has 0 aliphatic heterocycles. The number of aryl methyl sites for hydroxylation is 2. The highest BCUT2D eigenvalue weighted by Gasteiger charge is 2.09. The molecule has 118 valence electrons. The van der Waals surface area contributed by atoms with Crippen LogP contribution in [0.5, 0.6) is 0 Å². The third kappa shape index (κ3) is 3.75. The van der Waals surface area contributed by atoms with E-state index in [-0.39, 0.29) is 5.69 Å². The van der Waals surface area contributed by atoms with Crippen molar-refractivity contribution in [3.8, 4) is 11.4 Å². The van der Waals surface area contributed by atoms with E-state index in [4.69, 9.17) is 0 Å². The van der Waals surface area contributed by atoms with Crippen LogP contribution in [0, 0.1) is 17.0 Å². The van der Waals surface area contributed by atoms with Gasteiger partial charge in [-0.05, 0) is 6.92 Å². The highest BCUT2D eigenvalue weighted by Crippen LogP contribution is 2.20. The summed E-state index contributed by atoms with van der Waals surface area (Å²) in [4.78, 5) is 14.6. The highest BCUT2D eigenvalue weighted by molar-refractivity contribution is 7.99. The molecule has 9 heteroatoms. The lowest BCUT2D eigenvalue weighted by Gasteiger charge is -1.98. The lowest BCUT2D eigenvalue weighted by Crippen LogP contribution is -2.00. The average Bonchev–Trinajstić information content (AvgIpc) is 3.18. The van der Waals surface area contributed by atoms with Crippen molar-refractivity contribution in [3.05, 3.63) is 52.3 Å². The predicted octanol–water partition coefficient (Wildman–Crippen LogP) is 2.68. The Labute approximate surface area is 136 Å². The van der Waals surface area contributed by atoms with Gasteiger partial charge in [0.1, 0.15) is 12.4 Å². The summed E-state index contributed by atoms with van der Waals surface area (Å²) in [6.07, 6.45) is 2.66. The Kier molecular flexibility index (Phi) is 4.38. The zero-order valence-corrected chi connectivity index (χ0v) is 13.2. The van der Waals surface area contributed by atoms with Gasteiger partial charge >= 0.3 is 5.69 Å². The SMILES string of the molecule is Cc1ccc(-c2nc(SCCn3cc([N+](=O)[O-])cn3)n[nH]2)cc1.